The number of methoxy groups -OCH3 is 2. The van der Waals surface area contributed by atoms with E-state index in [-0.39, 0.29) is 6.03 Å². The molecule has 4 rings (SSSR count). The monoisotopic (exact) mass is 600 g/mol. The van der Waals surface area contributed by atoms with E-state index in [1.807, 2.05) is 54.6 Å². The number of esters is 2. The number of nitrogens with one attached hydrogen (secondary N) is 1. The highest BCUT2D eigenvalue weighted by Gasteiger charge is 2.43. The maximum atomic E-state index is 12.7. The van der Waals surface area contributed by atoms with Crippen LogP contribution in [0.2, 0.25) is 0 Å². The second-order valence-corrected chi connectivity index (χ2v) is 10.5. The van der Waals surface area contributed by atoms with Gasteiger partial charge in [-0.05, 0) is 48.2 Å². The number of urea groups is 1. The molecule has 3 aromatic rings. The van der Waals surface area contributed by atoms with Crippen molar-refractivity contribution in [3.8, 4) is 0 Å². The molecule has 44 heavy (non-hydrogen) atoms. The van der Waals surface area contributed by atoms with Gasteiger partial charge in [-0.25, -0.2) is 11.4 Å². The van der Waals surface area contributed by atoms with Gasteiger partial charge in [0.25, 0.3) is 5.54 Å². The third-order valence-electron chi connectivity index (χ3n) is 7.51. The number of nitrogens with two attached hydrogens (primary N) is 3. The fourth-order valence-electron chi connectivity index (χ4n) is 4.85. The molecule has 11 nitrogen and oxygen atoms in total. The average Bonchev–Trinajstić information content (AvgIpc) is 3.06. The molecule has 232 valence electrons. The third kappa shape index (κ3) is 9.29. The predicted molar refractivity (Wildman–Crippen MR) is 169 cm³/mol. The first-order chi connectivity index (χ1) is 21.1. The van der Waals surface area contributed by atoms with Crippen molar-refractivity contribution in [3.63, 3.8) is 0 Å². The molecular formula is C33H40N6O5. The second-order valence-electron chi connectivity index (χ2n) is 10.5. The van der Waals surface area contributed by atoms with Crippen molar-refractivity contribution >= 4 is 29.3 Å². The van der Waals surface area contributed by atoms with Gasteiger partial charge in [-0.2, -0.15) is 0 Å². The number of anilines is 2. The molecule has 1 saturated heterocycles. The number of amides is 2. The standard InChI is InChI=1S/C23H26N4O3.C10H14N2O2/c1-25-23(18-6-4-3-5-7-18)12-14-27(15-13-23)22(29)26-19-10-8-17(9-11-19)16-20(24)21(28)30-2;1-14-10(13)9(12)6-7-2-4-8(11)5-3-7/h3-11,20H,12-16,24H2,2H3,(H,26,29);2-5,9H,6,11-12H2,1H3. The molecule has 0 spiro atoms. The van der Waals surface area contributed by atoms with Crippen LogP contribution in [0.1, 0.15) is 29.5 Å². The quantitative estimate of drug-likeness (QED) is 0.173. The number of carbonyl (C=O) groups is 3. The van der Waals surface area contributed by atoms with Crippen LogP contribution in [-0.4, -0.2) is 62.3 Å². The maximum Gasteiger partial charge on any atom is 0.322 e. The summed E-state index contributed by atoms with van der Waals surface area (Å²) in [6.07, 6.45) is 2.05. The van der Waals surface area contributed by atoms with Crippen LogP contribution < -0.4 is 22.5 Å². The highest BCUT2D eigenvalue weighted by molar-refractivity contribution is 5.89. The molecule has 1 aliphatic heterocycles. The summed E-state index contributed by atoms with van der Waals surface area (Å²) in [5.41, 5.74) is 20.6. The summed E-state index contributed by atoms with van der Waals surface area (Å²) in [6, 6.07) is 22.8. The van der Waals surface area contributed by atoms with Gasteiger partial charge in [-0.1, -0.05) is 54.6 Å². The number of carbonyl (C=O) groups excluding carboxylic acids is 3. The minimum absolute atomic E-state index is 0.180. The number of rotatable bonds is 8. The van der Waals surface area contributed by atoms with Crippen molar-refractivity contribution in [3.05, 3.63) is 107 Å². The Labute approximate surface area is 258 Å². The third-order valence-corrected chi connectivity index (χ3v) is 7.51. The lowest BCUT2D eigenvalue weighted by atomic mass is 9.82. The molecule has 1 aliphatic rings. The van der Waals surface area contributed by atoms with Gasteiger partial charge in [-0.15, -0.1) is 0 Å². The van der Waals surface area contributed by atoms with Crippen LogP contribution in [0.15, 0.2) is 78.9 Å². The predicted octanol–water partition coefficient (Wildman–Crippen LogP) is 3.48. The molecule has 0 radical (unpaired) electrons. The van der Waals surface area contributed by atoms with E-state index in [2.05, 4.69) is 19.6 Å². The summed E-state index contributed by atoms with van der Waals surface area (Å²) < 4.78 is 9.15. The second kappa shape index (κ2) is 16.1. The van der Waals surface area contributed by atoms with Gasteiger partial charge in [0.1, 0.15) is 12.1 Å². The molecule has 0 bridgehead atoms. The fraction of sp³-hybridized carbons (Fsp3) is 0.333. The zero-order valence-electron chi connectivity index (χ0n) is 25.1. The Kier molecular flexibility index (Phi) is 12.3. The first kappa shape index (κ1) is 33.6. The molecule has 0 saturated carbocycles. The zero-order chi connectivity index (χ0) is 32.1. The lowest BCUT2D eigenvalue weighted by molar-refractivity contribution is -0.142. The maximum absolute atomic E-state index is 12.7. The summed E-state index contributed by atoms with van der Waals surface area (Å²) in [5, 5.41) is 2.90. The smallest absolute Gasteiger partial charge is 0.322 e. The van der Waals surface area contributed by atoms with Crippen molar-refractivity contribution in [2.75, 3.05) is 38.4 Å². The average molecular weight is 601 g/mol. The van der Waals surface area contributed by atoms with E-state index in [0.717, 1.165) is 16.7 Å². The Balaban J connectivity index is 0.000000317. The molecule has 1 heterocycles. The van der Waals surface area contributed by atoms with Crippen LogP contribution in [0.4, 0.5) is 16.2 Å². The Morgan fingerprint density at radius 2 is 1.32 bits per heavy atom. The SMILES string of the molecule is COC(=O)C(N)Cc1ccc(N)cc1.[C-]#[N+]C1(c2ccccc2)CCN(C(=O)Nc2ccc(CC(N)C(=O)OC)cc2)CC1. The number of nitrogen functional groups attached to an aromatic ring is 1. The fourth-order valence-corrected chi connectivity index (χ4v) is 4.85. The number of hydrogen-bond acceptors (Lipinski definition) is 8. The zero-order valence-corrected chi connectivity index (χ0v) is 25.1. The number of ether oxygens (including phenoxy) is 2. The van der Waals surface area contributed by atoms with E-state index < -0.39 is 29.6 Å². The Morgan fingerprint density at radius 1 is 0.841 bits per heavy atom. The van der Waals surface area contributed by atoms with Gasteiger partial charge in [0, 0.05) is 42.9 Å². The Bertz CT molecular complexity index is 1420. The molecule has 2 amide bonds. The summed E-state index contributed by atoms with van der Waals surface area (Å²) >= 11 is 0. The molecule has 11 heteroatoms. The van der Waals surface area contributed by atoms with Crippen LogP contribution >= 0.6 is 0 Å². The highest BCUT2D eigenvalue weighted by atomic mass is 16.5. The molecule has 2 atom stereocenters. The molecule has 1 fully saturated rings. The molecule has 0 aliphatic carbocycles. The first-order valence-corrected chi connectivity index (χ1v) is 14.2. The molecule has 3 aromatic carbocycles. The first-order valence-electron chi connectivity index (χ1n) is 14.2. The highest BCUT2D eigenvalue weighted by Crippen LogP contribution is 2.37. The van der Waals surface area contributed by atoms with Gasteiger partial charge in [0.05, 0.1) is 14.2 Å². The lowest BCUT2D eigenvalue weighted by Crippen LogP contribution is -2.45. The van der Waals surface area contributed by atoms with E-state index in [1.54, 1.807) is 29.2 Å². The largest absolute Gasteiger partial charge is 0.468 e. The van der Waals surface area contributed by atoms with E-state index in [9.17, 15) is 14.4 Å². The topological polar surface area (TPSA) is 167 Å². The van der Waals surface area contributed by atoms with Crippen molar-refractivity contribution in [1.82, 2.24) is 4.90 Å². The normalized spacial score (nSPS) is 14.9. The molecule has 7 N–H and O–H groups in total. The van der Waals surface area contributed by atoms with Crippen molar-refractivity contribution in [2.45, 2.75) is 43.3 Å². The van der Waals surface area contributed by atoms with E-state index in [4.69, 9.17) is 23.8 Å². The van der Waals surface area contributed by atoms with Gasteiger partial charge in [0.2, 0.25) is 0 Å². The summed E-state index contributed by atoms with van der Waals surface area (Å²) in [7, 11) is 2.63. The van der Waals surface area contributed by atoms with Crippen LogP contribution in [0.5, 0.6) is 0 Å². The lowest BCUT2D eigenvalue weighted by Gasteiger charge is -2.34. The number of nitrogens with zero attached hydrogens (tertiary/aromatic N) is 2. The van der Waals surface area contributed by atoms with E-state index in [1.165, 1.54) is 14.2 Å². The van der Waals surface area contributed by atoms with Crippen LogP contribution in [0.25, 0.3) is 4.85 Å². The van der Waals surface area contributed by atoms with Crippen molar-refractivity contribution < 1.29 is 23.9 Å². The van der Waals surface area contributed by atoms with Crippen LogP contribution in [-0.2, 0) is 37.4 Å². The number of likely N-dealkylation sites (tertiary alicyclic amines) is 1. The van der Waals surface area contributed by atoms with E-state index >= 15 is 0 Å². The summed E-state index contributed by atoms with van der Waals surface area (Å²) in [6.45, 7) is 8.76. The van der Waals surface area contributed by atoms with Gasteiger partial charge in [-0.3, -0.25) is 9.59 Å². The Hall–Kier alpha value is -4.92. The van der Waals surface area contributed by atoms with Crippen molar-refractivity contribution in [2.24, 2.45) is 11.5 Å². The minimum atomic E-state index is -0.712. The number of hydrogen-bond donors (Lipinski definition) is 4. The Morgan fingerprint density at radius 3 is 1.77 bits per heavy atom. The van der Waals surface area contributed by atoms with Gasteiger partial charge in [0.15, 0.2) is 0 Å². The van der Waals surface area contributed by atoms with Crippen LogP contribution in [0.3, 0.4) is 0 Å². The number of benzene rings is 3. The summed E-state index contributed by atoms with van der Waals surface area (Å²) in [5.74, 6) is -0.856. The van der Waals surface area contributed by atoms with Gasteiger partial charge < -0.3 is 41.7 Å². The molecular weight excluding hydrogens is 560 g/mol. The molecule has 0 aromatic heterocycles. The van der Waals surface area contributed by atoms with Crippen molar-refractivity contribution in [1.29, 1.82) is 0 Å². The molecule has 2 unspecified atom stereocenters. The number of piperidine rings is 1. The minimum Gasteiger partial charge on any atom is -0.468 e. The summed E-state index contributed by atoms with van der Waals surface area (Å²) in [4.78, 5) is 40.8. The van der Waals surface area contributed by atoms with Crippen LogP contribution in [0, 0.1) is 6.57 Å². The van der Waals surface area contributed by atoms with E-state index in [0.29, 0.717) is 50.1 Å². The van der Waals surface area contributed by atoms with Gasteiger partial charge >= 0.3 is 18.0 Å².